The van der Waals surface area contributed by atoms with Crippen molar-refractivity contribution in [2.45, 2.75) is 25.7 Å². The molecular formula is C9H14O6. The van der Waals surface area contributed by atoms with E-state index in [1.54, 1.807) is 0 Å². The van der Waals surface area contributed by atoms with Crippen molar-refractivity contribution < 1.29 is 29.3 Å². The lowest BCUT2D eigenvalue weighted by Gasteiger charge is -2.06. The summed E-state index contributed by atoms with van der Waals surface area (Å²) in [6, 6.07) is 0. The van der Waals surface area contributed by atoms with Gasteiger partial charge >= 0.3 is 17.9 Å². The Bertz CT molecular complexity index is 233. The van der Waals surface area contributed by atoms with E-state index < -0.39 is 17.9 Å². The van der Waals surface area contributed by atoms with Gasteiger partial charge in [0, 0.05) is 6.42 Å². The van der Waals surface area contributed by atoms with Crippen LogP contribution in [0.3, 0.4) is 0 Å². The van der Waals surface area contributed by atoms with Crippen LogP contribution in [0.5, 0.6) is 0 Å². The van der Waals surface area contributed by atoms with E-state index in [0.717, 1.165) is 0 Å². The monoisotopic (exact) mass is 218 g/mol. The number of methoxy groups -OCH3 is 1. The van der Waals surface area contributed by atoms with Crippen molar-refractivity contribution in [3.8, 4) is 0 Å². The van der Waals surface area contributed by atoms with Gasteiger partial charge in [0.15, 0.2) is 5.92 Å². The van der Waals surface area contributed by atoms with Crippen LogP contribution in [0.15, 0.2) is 0 Å². The van der Waals surface area contributed by atoms with E-state index >= 15 is 0 Å². The van der Waals surface area contributed by atoms with E-state index in [1.807, 2.05) is 0 Å². The topological polar surface area (TPSA) is 101 Å². The van der Waals surface area contributed by atoms with Crippen LogP contribution in [0.4, 0.5) is 0 Å². The molecule has 0 bridgehead atoms. The van der Waals surface area contributed by atoms with E-state index in [9.17, 15) is 14.4 Å². The third-order valence-electron chi connectivity index (χ3n) is 1.95. The molecule has 2 N–H and O–H groups in total. The van der Waals surface area contributed by atoms with Gasteiger partial charge in [0.05, 0.1) is 7.11 Å². The van der Waals surface area contributed by atoms with E-state index in [0.29, 0.717) is 12.8 Å². The molecule has 0 aromatic rings. The number of aliphatic carboxylic acids is 2. The summed E-state index contributed by atoms with van der Waals surface area (Å²) in [6.07, 6.45) is 1.02. The average Bonchev–Trinajstić information content (AvgIpc) is 2.15. The first kappa shape index (κ1) is 13.4. The Labute approximate surface area is 86.8 Å². The molecule has 0 saturated carbocycles. The summed E-state index contributed by atoms with van der Waals surface area (Å²) in [5, 5.41) is 17.1. The molecule has 0 atom stereocenters. The molecule has 15 heavy (non-hydrogen) atoms. The molecule has 86 valence electrons. The van der Waals surface area contributed by atoms with Gasteiger partial charge in [-0.15, -0.1) is 0 Å². The average molecular weight is 218 g/mol. The van der Waals surface area contributed by atoms with Gasteiger partial charge in [-0.05, 0) is 12.8 Å². The van der Waals surface area contributed by atoms with E-state index in [1.165, 1.54) is 7.11 Å². The van der Waals surface area contributed by atoms with Gasteiger partial charge in [-0.1, -0.05) is 6.42 Å². The Balaban J connectivity index is 3.77. The van der Waals surface area contributed by atoms with Crippen molar-refractivity contribution in [2.75, 3.05) is 7.11 Å². The highest BCUT2D eigenvalue weighted by Crippen LogP contribution is 2.10. The molecule has 6 heteroatoms. The summed E-state index contributed by atoms with van der Waals surface area (Å²) < 4.78 is 4.38. The summed E-state index contributed by atoms with van der Waals surface area (Å²) in [5.74, 6) is -4.46. The highest BCUT2D eigenvalue weighted by Gasteiger charge is 2.24. The summed E-state index contributed by atoms with van der Waals surface area (Å²) in [4.78, 5) is 31.6. The zero-order chi connectivity index (χ0) is 11.8. The second-order valence-corrected chi connectivity index (χ2v) is 3.05. The SMILES string of the molecule is COC(=O)CCCCC(C(=O)O)C(=O)O. The number of hydrogen-bond donors (Lipinski definition) is 2. The minimum Gasteiger partial charge on any atom is -0.481 e. The molecule has 0 unspecified atom stereocenters. The number of carbonyl (C=O) groups excluding carboxylic acids is 1. The lowest BCUT2D eigenvalue weighted by atomic mass is 10.0. The van der Waals surface area contributed by atoms with Gasteiger partial charge in [-0.25, -0.2) is 0 Å². The van der Waals surface area contributed by atoms with Crippen molar-refractivity contribution in [2.24, 2.45) is 5.92 Å². The number of rotatable bonds is 7. The quantitative estimate of drug-likeness (QED) is 0.366. The number of hydrogen-bond acceptors (Lipinski definition) is 4. The van der Waals surface area contributed by atoms with Crippen molar-refractivity contribution in [3.63, 3.8) is 0 Å². The molecule has 0 saturated heterocycles. The van der Waals surface area contributed by atoms with Crippen molar-refractivity contribution in [1.82, 2.24) is 0 Å². The van der Waals surface area contributed by atoms with Crippen LogP contribution in [0.25, 0.3) is 0 Å². The second-order valence-electron chi connectivity index (χ2n) is 3.05. The predicted molar refractivity (Wildman–Crippen MR) is 49.2 cm³/mol. The van der Waals surface area contributed by atoms with Gasteiger partial charge in [0.2, 0.25) is 0 Å². The first-order valence-corrected chi connectivity index (χ1v) is 4.51. The van der Waals surface area contributed by atoms with Crippen molar-refractivity contribution >= 4 is 17.9 Å². The summed E-state index contributed by atoms with van der Waals surface area (Å²) >= 11 is 0. The number of carbonyl (C=O) groups is 3. The third kappa shape index (κ3) is 5.66. The maximum atomic E-state index is 10.7. The zero-order valence-corrected chi connectivity index (χ0v) is 8.43. The van der Waals surface area contributed by atoms with Crippen LogP contribution >= 0.6 is 0 Å². The normalized spacial score (nSPS) is 10.0. The highest BCUT2D eigenvalue weighted by atomic mass is 16.5. The molecule has 0 radical (unpaired) electrons. The maximum absolute atomic E-state index is 10.7. The van der Waals surface area contributed by atoms with Gasteiger partial charge in [0.25, 0.3) is 0 Å². The van der Waals surface area contributed by atoms with Crippen LogP contribution in [0.1, 0.15) is 25.7 Å². The molecular weight excluding hydrogens is 204 g/mol. The molecule has 0 rings (SSSR count). The number of carboxylic acids is 2. The number of carboxylic acid groups (broad SMARTS) is 2. The van der Waals surface area contributed by atoms with E-state index in [2.05, 4.69) is 4.74 Å². The van der Waals surface area contributed by atoms with E-state index in [4.69, 9.17) is 10.2 Å². The number of esters is 1. The molecule has 0 fully saturated rings. The fourth-order valence-corrected chi connectivity index (χ4v) is 1.07. The van der Waals surface area contributed by atoms with E-state index in [-0.39, 0.29) is 18.8 Å². The van der Waals surface area contributed by atoms with Crippen LogP contribution in [-0.2, 0) is 19.1 Å². The summed E-state index contributed by atoms with van der Waals surface area (Å²) in [5.41, 5.74) is 0. The smallest absolute Gasteiger partial charge is 0.317 e. The standard InChI is InChI=1S/C9H14O6/c1-15-7(10)5-3-2-4-6(8(11)12)9(13)14/h6H,2-5H2,1H3,(H,11,12)(H,13,14). The molecule has 0 aliphatic rings. The van der Waals surface area contributed by atoms with Crippen LogP contribution in [0.2, 0.25) is 0 Å². The minimum atomic E-state index is -1.39. The van der Waals surface area contributed by atoms with Crippen molar-refractivity contribution in [3.05, 3.63) is 0 Å². The molecule has 0 spiro atoms. The lowest BCUT2D eigenvalue weighted by Crippen LogP contribution is -2.23. The first-order valence-electron chi connectivity index (χ1n) is 4.51. The second kappa shape index (κ2) is 6.80. The maximum Gasteiger partial charge on any atom is 0.317 e. The highest BCUT2D eigenvalue weighted by molar-refractivity contribution is 5.92. The Hall–Kier alpha value is -1.59. The summed E-state index contributed by atoms with van der Waals surface area (Å²) in [6.45, 7) is 0. The zero-order valence-electron chi connectivity index (χ0n) is 8.43. The van der Waals surface area contributed by atoms with Gasteiger partial charge in [0.1, 0.15) is 0 Å². The molecule has 0 aromatic heterocycles. The Morgan fingerprint density at radius 1 is 1.13 bits per heavy atom. The summed E-state index contributed by atoms with van der Waals surface area (Å²) in [7, 11) is 1.26. The van der Waals surface area contributed by atoms with Crippen LogP contribution in [-0.4, -0.2) is 35.2 Å². The molecule has 0 amide bonds. The van der Waals surface area contributed by atoms with Crippen LogP contribution in [0, 0.1) is 5.92 Å². The minimum absolute atomic E-state index is 0.0294. The largest absolute Gasteiger partial charge is 0.481 e. The predicted octanol–water partition coefficient (Wildman–Crippen LogP) is 0.505. The first-order chi connectivity index (χ1) is 6.99. The molecule has 0 aliphatic heterocycles. The Morgan fingerprint density at radius 2 is 1.67 bits per heavy atom. The van der Waals surface area contributed by atoms with Gasteiger partial charge in [-0.3, -0.25) is 14.4 Å². The van der Waals surface area contributed by atoms with Gasteiger partial charge in [-0.2, -0.15) is 0 Å². The Kier molecular flexibility index (Phi) is 6.08. The third-order valence-corrected chi connectivity index (χ3v) is 1.95. The fraction of sp³-hybridized carbons (Fsp3) is 0.667. The Morgan fingerprint density at radius 3 is 2.07 bits per heavy atom. The molecule has 0 heterocycles. The fourth-order valence-electron chi connectivity index (χ4n) is 1.07. The number of unbranched alkanes of at least 4 members (excludes halogenated alkanes) is 1. The van der Waals surface area contributed by atoms with Gasteiger partial charge < -0.3 is 14.9 Å². The lowest BCUT2D eigenvalue weighted by molar-refractivity contribution is -0.154. The molecule has 6 nitrogen and oxygen atoms in total. The van der Waals surface area contributed by atoms with Crippen molar-refractivity contribution in [1.29, 1.82) is 0 Å². The number of ether oxygens (including phenoxy) is 1. The molecule has 0 aliphatic carbocycles. The van der Waals surface area contributed by atoms with Crippen LogP contribution < -0.4 is 0 Å². The molecule has 0 aromatic carbocycles.